The monoisotopic (exact) mass is 372 g/mol. The van der Waals surface area contributed by atoms with E-state index in [4.69, 9.17) is 0 Å². The first-order valence-corrected chi connectivity index (χ1v) is 8.86. The van der Waals surface area contributed by atoms with E-state index in [2.05, 4.69) is 14.9 Å². The molecule has 0 aliphatic heterocycles. The second-order valence-electron chi connectivity index (χ2n) is 5.43. The lowest BCUT2D eigenvalue weighted by molar-refractivity contribution is -0.116. The number of aromatic nitrogens is 2. The number of amides is 1. The molecule has 1 amide bonds. The van der Waals surface area contributed by atoms with Crippen LogP contribution < -0.4 is 9.62 Å². The second-order valence-corrected chi connectivity index (χ2v) is 7.13. The highest BCUT2D eigenvalue weighted by Gasteiger charge is 2.22. The van der Waals surface area contributed by atoms with Crippen LogP contribution in [-0.2, 0) is 14.8 Å². The van der Waals surface area contributed by atoms with Crippen LogP contribution >= 0.6 is 0 Å². The number of hydrogen-bond donors (Lipinski definition) is 2. The lowest BCUT2D eigenvalue weighted by atomic mass is 10.2. The van der Waals surface area contributed by atoms with Crippen molar-refractivity contribution in [2.75, 3.05) is 18.0 Å². The third-order valence-corrected chi connectivity index (χ3v) is 5.27. The second kappa shape index (κ2) is 7.28. The molecule has 1 heterocycles. The molecule has 0 unspecified atom stereocenters. The summed E-state index contributed by atoms with van der Waals surface area (Å²) in [5.74, 6) is -2.55. The van der Waals surface area contributed by atoms with Crippen LogP contribution in [0.2, 0.25) is 0 Å². The predicted octanol–water partition coefficient (Wildman–Crippen LogP) is 1.64. The minimum absolute atomic E-state index is 0.0460. The summed E-state index contributed by atoms with van der Waals surface area (Å²) in [4.78, 5) is 13.0. The van der Waals surface area contributed by atoms with Crippen LogP contribution in [0.1, 0.15) is 18.3 Å². The molecule has 0 saturated carbocycles. The smallest absolute Gasteiger partial charge is 0.244 e. The molecule has 0 aliphatic carbocycles. The maximum atomic E-state index is 13.4. The summed E-state index contributed by atoms with van der Waals surface area (Å²) in [6, 6.07) is 3.04. The van der Waals surface area contributed by atoms with E-state index in [0.29, 0.717) is 11.4 Å². The van der Waals surface area contributed by atoms with Gasteiger partial charge in [0.25, 0.3) is 0 Å². The number of sulfonamides is 1. The van der Waals surface area contributed by atoms with E-state index in [0.717, 1.165) is 17.0 Å². The van der Waals surface area contributed by atoms with E-state index in [1.807, 2.05) is 0 Å². The Bertz CT molecular complexity index is 877. The molecular weight excluding hydrogens is 354 g/mol. The zero-order valence-corrected chi connectivity index (χ0v) is 14.7. The van der Waals surface area contributed by atoms with Gasteiger partial charge in [0.05, 0.1) is 11.4 Å². The molecule has 7 nitrogen and oxygen atoms in total. The summed E-state index contributed by atoms with van der Waals surface area (Å²) in [7, 11) is -3.81. The first kappa shape index (κ1) is 19.0. The van der Waals surface area contributed by atoms with Crippen molar-refractivity contribution in [2.24, 2.45) is 0 Å². The van der Waals surface area contributed by atoms with Crippen molar-refractivity contribution in [2.45, 2.75) is 25.7 Å². The van der Waals surface area contributed by atoms with E-state index in [9.17, 15) is 22.0 Å². The number of carbonyl (C=O) groups excluding carboxylic acids is 1. The Balaban J connectivity index is 2.12. The zero-order valence-electron chi connectivity index (χ0n) is 13.9. The van der Waals surface area contributed by atoms with Gasteiger partial charge in [-0.15, -0.1) is 0 Å². The van der Waals surface area contributed by atoms with E-state index in [1.54, 1.807) is 13.8 Å². The summed E-state index contributed by atoms with van der Waals surface area (Å²) in [6.07, 6.45) is 0. The average Bonchev–Trinajstić information content (AvgIpc) is 2.86. The van der Waals surface area contributed by atoms with Gasteiger partial charge < -0.3 is 4.90 Å². The molecule has 1 aromatic carbocycles. The maximum absolute atomic E-state index is 13.4. The molecule has 0 aliphatic rings. The van der Waals surface area contributed by atoms with Crippen molar-refractivity contribution in [1.82, 2.24) is 14.9 Å². The highest BCUT2D eigenvalue weighted by molar-refractivity contribution is 7.89. The molecule has 0 atom stereocenters. The Labute approximate surface area is 144 Å². The molecule has 25 heavy (non-hydrogen) atoms. The van der Waals surface area contributed by atoms with E-state index >= 15 is 0 Å². The number of H-pyrrole nitrogens is 1. The van der Waals surface area contributed by atoms with E-state index < -0.39 is 27.6 Å². The number of nitrogens with one attached hydrogen (secondary N) is 2. The van der Waals surface area contributed by atoms with Gasteiger partial charge in [0.1, 0.15) is 4.90 Å². The van der Waals surface area contributed by atoms with Gasteiger partial charge in [0.15, 0.2) is 11.6 Å². The van der Waals surface area contributed by atoms with Crippen molar-refractivity contribution in [3.8, 4) is 0 Å². The van der Waals surface area contributed by atoms with E-state index in [1.165, 1.54) is 13.0 Å². The number of aryl methyl sites for hydroxylation is 2. The van der Waals surface area contributed by atoms with Gasteiger partial charge in [-0.25, -0.2) is 21.9 Å². The fourth-order valence-electron chi connectivity index (χ4n) is 2.42. The Hall–Kier alpha value is -2.33. The minimum Gasteiger partial charge on any atom is -0.311 e. The first-order chi connectivity index (χ1) is 11.6. The summed E-state index contributed by atoms with van der Waals surface area (Å²) in [5, 5.41) is 6.42. The molecule has 2 aromatic rings. The lowest BCUT2D eigenvalue weighted by Gasteiger charge is -2.21. The number of hydrogen-bond acceptors (Lipinski definition) is 4. The Morgan fingerprint density at radius 1 is 1.28 bits per heavy atom. The van der Waals surface area contributed by atoms with Gasteiger partial charge in [-0.2, -0.15) is 5.10 Å². The Morgan fingerprint density at radius 3 is 2.48 bits per heavy atom. The molecule has 1 aromatic heterocycles. The molecule has 0 spiro atoms. The van der Waals surface area contributed by atoms with Crippen molar-refractivity contribution in [3.05, 3.63) is 41.2 Å². The Morgan fingerprint density at radius 2 is 1.96 bits per heavy atom. The lowest BCUT2D eigenvalue weighted by Crippen LogP contribution is -2.37. The molecular formula is C15H18F2N4O3S. The largest absolute Gasteiger partial charge is 0.311 e. The third-order valence-electron chi connectivity index (χ3n) is 3.55. The fourth-order valence-corrected chi connectivity index (χ4v) is 3.81. The minimum atomic E-state index is -3.81. The van der Waals surface area contributed by atoms with Gasteiger partial charge in [0, 0.05) is 31.8 Å². The number of aromatic amines is 1. The highest BCUT2D eigenvalue weighted by Crippen LogP contribution is 2.19. The van der Waals surface area contributed by atoms with E-state index in [-0.39, 0.29) is 23.7 Å². The number of benzene rings is 1. The SMILES string of the molecule is CC(=O)N(CCNS(=O)(=O)c1c(C)n[nH]c1C)c1ccc(F)c(F)c1. The predicted molar refractivity (Wildman–Crippen MR) is 87.6 cm³/mol. The van der Waals surface area contributed by atoms with Crippen LogP contribution in [0.3, 0.4) is 0 Å². The molecule has 0 radical (unpaired) electrons. The Kier molecular flexibility index (Phi) is 5.53. The topological polar surface area (TPSA) is 95.2 Å². The van der Waals surface area contributed by atoms with Crippen LogP contribution in [0.5, 0.6) is 0 Å². The molecule has 0 saturated heterocycles. The summed E-state index contributed by atoms with van der Waals surface area (Å²) in [5.41, 5.74) is 0.865. The van der Waals surface area contributed by atoms with Crippen LogP contribution in [-0.4, -0.2) is 37.6 Å². The van der Waals surface area contributed by atoms with Crippen LogP contribution in [0.25, 0.3) is 0 Å². The number of nitrogens with zero attached hydrogens (tertiary/aromatic N) is 2. The highest BCUT2D eigenvalue weighted by atomic mass is 32.2. The standard InChI is InChI=1S/C15H18F2N4O3S/c1-9-15(10(2)20-19-9)25(23,24)18-6-7-21(11(3)22)12-4-5-13(16)14(17)8-12/h4-5,8,18H,6-7H2,1-3H3,(H,19,20). The molecule has 2 N–H and O–H groups in total. The molecule has 0 fully saturated rings. The third kappa shape index (κ3) is 4.20. The molecule has 136 valence electrons. The van der Waals surface area contributed by atoms with Gasteiger partial charge in [0.2, 0.25) is 15.9 Å². The summed E-state index contributed by atoms with van der Waals surface area (Å²) in [6.45, 7) is 4.24. The first-order valence-electron chi connectivity index (χ1n) is 7.38. The van der Waals surface area contributed by atoms with Crippen LogP contribution in [0.15, 0.2) is 23.1 Å². The fraction of sp³-hybridized carbons (Fsp3) is 0.333. The summed E-state index contributed by atoms with van der Waals surface area (Å²) < 4.78 is 53.4. The number of carbonyl (C=O) groups is 1. The van der Waals surface area contributed by atoms with Gasteiger partial charge in [-0.3, -0.25) is 9.89 Å². The zero-order chi connectivity index (χ0) is 18.8. The van der Waals surface area contributed by atoms with Crippen LogP contribution in [0, 0.1) is 25.5 Å². The van der Waals surface area contributed by atoms with Crippen molar-refractivity contribution >= 4 is 21.6 Å². The number of rotatable bonds is 6. The van der Waals surface area contributed by atoms with Crippen molar-refractivity contribution in [3.63, 3.8) is 0 Å². The quantitative estimate of drug-likeness (QED) is 0.806. The summed E-state index contributed by atoms with van der Waals surface area (Å²) >= 11 is 0. The number of anilines is 1. The van der Waals surface area contributed by atoms with Gasteiger partial charge in [-0.05, 0) is 26.0 Å². The van der Waals surface area contributed by atoms with Crippen molar-refractivity contribution < 1.29 is 22.0 Å². The number of halogens is 2. The normalized spacial score (nSPS) is 11.6. The average molecular weight is 372 g/mol. The molecule has 0 bridgehead atoms. The maximum Gasteiger partial charge on any atom is 0.244 e. The molecule has 10 heteroatoms. The van der Waals surface area contributed by atoms with Crippen LogP contribution in [0.4, 0.5) is 14.5 Å². The van der Waals surface area contributed by atoms with Gasteiger partial charge in [-0.1, -0.05) is 0 Å². The van der Waals surface area contributed by atoms with Crippen molar-refractivity contribution in [1.29, 1.82) is 0 Å². The van der Waals surface area contributed by atoms with Gasteiger partial charge >= 0.3 is 0 Å². The molecule has 2 rings (SSSR count).